The van der Waals surface area contributed by atoms with Crippen molar-refractivity contribution < 1.29 is 24.5 Å². The third kappa shape index (κ3) is 4.41. The molecule has 2 heterocycles. The first-order chi connectivity index (χ1) is 17.3. The van der Waals surface area contributed by atoms with Crippen LogP contribution in [0.2, 0.25) is 0 Å². The number of benzene rings is 2. The van der Waals surface area contributed by atoms with Crippen LogP contribution in [0, 0.1) is 5.92 Å². The number of hydrogen-bond donors (Lipinski definition) is 2. The van der Waals surface area contributed by atoms with Crippen molar-refractivity contribution in [2.45, 2.75) is 25.5 Å². The van der Waals surface area contributed by atoms with Gasteiger partial charge in [0.15, 0.2) is 11.4 Å². The van der Waals surface area contributed by atoms with Gasteiger partial charge in [0.25, 0.3) is 11.5 Å². The molecule has 1 aliphatic rings. The van der Waals surface area contributed by atoms with E-state index < -0.39 is 17.4 Å². The first-order valence-corrected chi connectivity index (χ1v) is 11.7. The quantitative estimate of drug-likeness (QED) is 0.447. The van der Waals surface area contributed by atoms with Crippen LogP contribution in [0.4, 0.5) is 5.69 Å². The molecule has 2 aromatic carbocycles. The van der Waals surface area contributed by atoms with Crippen LogP contribution >= 0.6 is 0 Å². The Morgan fingerprint density at radius 1 is 1.06 bits per heavy atom. The van der Waals surface area contributed by atoms with Crippen LogP contribution in [-0.4, -0.2) is 41.5 Å². The summed E-state index contributed by atoms with van der Waals surface area (Å²) in [6.45, 7) is 2.00. The highest BCUT2D eigenvalue weighted by Crippen LogP contribution is 2.47. The van der Waals surface area contributed by atoms with Crippen LogP contribution in [0.15, 0.2) is 77.7 Å². The van der Waals surface area contributed by atoms with Crippen molar-refractivity contribution >= 4 is 11.6 Å². The Kier molecular flexibility index (Phi) is 7.28. The molecule has 0 fully saturated rings. The summed E-state index contributed by atoms with van der Waals surface area (Å²) in [5.41, 5.74) is 0.547. The number of pyridine rings is 1. The summed E-state index contributed by atoms with van der Waals surface area (Å²) < 4.78 is 12.0. The van der Waals surface area contributed by atoms with Crippen molar-refractivity contribution in [3.8, 4) is 17.2 Å². The van der Waals surface area contributed by atoms with E-state index >= 15 is 0 Å². The van der Waals surface area contributed by atoms with Gasteiger partial charge in [0.2, 0.25) is 0 Å². The van der Waals surface area contributed by atoms with Crippen LogP contribution in [0.1, 0.15) is 24.5 Å². The van der Waals surface area contributed by atoms with Gasteiger partial charge in [0.1, 0.15) is 5.75 Å². The number of carbonyl (C=O) groups is 1. The molecular formula is C28H30N2O6. The second-order valence-electron chi connectivity index (χ2n) is 8.69. The minimum Gasteiger partial charge on any atom is -0.497 e. The molecule has 8 nitrogen and oxygen atoms in total. The lowest BCUT2D eigenvalue weighted by Crippen LogP contribution is -2.44. The molecule has 0 radical (unpaired) electrons. The Bertz CT molecular complexity index is 1330. The van der Waals surface area contributed by atoms with E-state index in [4.69, 9.17) is 14.6 Å². The van der Waals surface area contributed by atoms with Gasteiger partial charge in [-0.3, -0.25) is 14.2 Å². The van der Waals surface area contributed by atoms with Crippen LogP contribution < -0.4 is 19.9 Å². The van der Waals surface area contributed by atoms with Crippen molar-refractivity contribution in [2.24, 2.45) is 5.92 Å². The third-order valence-corrected chi connectivity index (χ3v) is 6.54. The molecule has 0 spiro atoms. The normalized spacial score (nSPS) is 17.9. The zero-order valence-corrected chi connectivity index (χ0v) is 20.5. The van der Waals surface area contributed by atoms with E-state index in [0.29, 0.717) is 29.1 Å². The molecule has 188 valence electrons. The van der Waals surface area contributed by atoms with Gasteiger partial charge in [-0.25, -0.2) is 0 Å². The molecule has 0 bridgehead atoms. The van der Waals surface area contributed by atoms with Crippen molar-refractivity contribution in [3.05, 3.63) is 94.4 Å². The number of hydrogen-bond acceptors (Lipinski definition) is 6. The molecule has 0 saturated carbocycles. The van der Waals surface area contributed by atoms with Crippen LogP contribution in [0.5, 0.6) is 11.5 Å². The number of carbonyl (C=O) groups excluding carboxylic acids is 1. The van der Waals surface area contributed by atoms with Crippen molar-refractivity contribution in [1.29, 1.82) is 0 Å². The standard InChI is InChI=1S/C28H30N2O6/c1-19(7-4-5-16-31)28(34)23-17-22(35-2)13-14-24(23)30(27(28)33)18-20-9-11-21(12-10-20)29-15-6-8-25(36-3)26(29)32/h4,6-15,17,19,31,34H,5,16,18H2,1-3H3/b7-4+/t19-,28+/m0/s1. The maximum Gasteiger partial charge on any atom is 0.297 e. The SMILES string of the molecule is COc1ccc2c(c1)[C@](O)([C@@H](C)/C=C/CCO)C(=O)N2Cc1ccc(-n2cccc(OC)c2=O)cc1. The Hall–Kier alpha value is -3.88. The first kappa shape index (κ1) is 25.2. The number of anilines is 1. The Labute approximate surface area is 209 Å². The molecule has 3 aromatic rings. The highest BCUT2D eigenvalue weighted by atomic mass is 16.5. The fraction of sp³-hybridized carbons (Fsp3) is 0.286. The molecule has 8 heteroatoms. The van der Waals surface area contributed by atoms with Gasteiger partial charge in [-0.1, -0.05) is 31.2 Å². The molecule has 1 aromatic heterocycles. The molecular weight excluding hydrogens is 460 g/mol. The molecule has 0 unspecified atom stereocenters. The monoisotopic (exact) mass is 490 g/mol. The van der Waals surface area contributed by atoms with E-state index in [9.17, 15) is 14.7 Å². The Morgan fingerprint density at radius 3 is 2.47 bits per heavy atom. The summed E-state index contributed by atoms with van der Waals surface area (Å²) in [7, 11) is 2.99. The number of fused-ring (bicyclic) bond motifs is 1. The summed E-state index contributed by atoms with van der Waals surface area (Å²) in [4.78, 5) is 27.8. The third-order valence-electron chi connectivity index (χ3n) is 6.54. The van der Waals surface area contributed by atoms with Crippen molar-refractivity contribution in [3.63, 3.8) is 0 Å². The largest absolute Gasteiger partial charge is 0.497 e. The smallest absolute Gasteiger partial charge is 0.297 e. The molecule has 0 aliphatic carbocycles. The zero-order chi connectivity index (χ0) is 25.9. The topological polar surface area (TPSA) is 101 Å². The van der Waals surface area contributed by atoms with Gasteiger partial charge in [-0.2, -0.15) is 0 Å². The van der Waals surface area contributed by atoms with Gasteiger partial charge >= 0.3 is 0 Å². The lowest BCUT2D eigenvalue weighted by Gasteiger charge is -2.27. The van der Waals surface area contributed by atoms with E-state index in [-0.39, 0.29) is 24.5 Å². The van der Waals surface area contributed by atoms with Crippen molar-refractivity contribution in [2.75, 3.05) is 25.7 Å². The number of aromatic nitrogens is 1. The molecule has 1 aliphatic heterocycles. The molecule has 4 rings (SSSR count). The van der Waals surface area contributed by atoms with Crippen LogP contribution in [0.3, 0.4) is 0 Å². The first-order valence-electron chi connectivity index (χ1n) is 11.7. The van der Waals surface area contributed by atoms with Gasteiger partial charge < -0.3 is 24.6 Å². The number of rotatable bonds is 9. The summed E-state index contributed by atoms with van der Waals surface area (Å²) >= 11 is 0. The molecule has 2 atom stereocenters. The second-order valence-corrected chi connectivity index (χ2v) is 8.69. The fourth-order valence-corrected chi connectivity index (χ4v) is 4.50. The zero-order valence-electron chi connectivity index (χ0n) is 20.5. The summed E-state index contributed by atoms with van der Waals surface area (Å²) in [5, 5.41) is 20.8. The minimum absolute atomic E-state index is 0.00991. The van der Waals surface area contributed by atoms with E-state index in [1.54, 1.807) is 72.6 Å². The summed E-state index contributed by atoms with van der Waals surface area (Å²) in [5.74, 6) is -0.172. The van der Waals surface area contributed by atoms with E-state index in [2.05, 4.69) is 0 Å². The lowest BCUT2D eigenvalue weighted by molar-refractivity contribution is -0.139. The number of nitrogens with zero attached hydrogens (tertiary/aromatic N) is 2. The van der Waals surface area contributed by atoms with Crippen LogP contribution in [0.25, 0.3) is 5.69 Å². The molecule has 2 N–H and O–H groups in total. The van der Waals surface area contributed by atoms with Gasteiger partial charge in [0, 0.05) is 30.0 Å². The number of methoxy groups -OCH3 is 2. The number of ether oxygens (including phenoxy) is 2. The lowest BCUT2D eigenvalue weighted by atomic mass is 9.83. The minimum atomic E-state index is -1.77. The average molecular weight is 491 g/mol. The Balaban J connectivity index is 1.66. The number of aliphatic hydroxyl groups is 2. The highest BCUT2D eigenvalue weighted by Gasteiger charge is 2.52. The maximum atomic E-state index is 13.7. The number of amides is 1. The van der Waals surface area contributed by atoms with E-state index in [1.165, 1.54) is 18.8 Å². The average Bonchev–Trinajstić information content (AvgIpc) is 3.11. The summed E-state index contributed by atoms with van der Waals surface area (Å²) in [6, 6.07) is 15.9. The highest BCUT2D eigenvalue weighted by molar-refractivity contribution is 6.07. The molecule has 0 saturated heterocycles. The summed E-state index contributed by atoms with van der Waals surface area (Å²) in [6.07, 6.45) is 5.62. The fourth-order valence-electron chi connectivity index (χ4n) is 4.50. The van der Waals surface area contributed by atoms with E-state index in [0.717, 1.165) is 5.56 Å². The molecule has 36 heavy (non-hydrogen) atoms. The Morgan fingerprint density at radius 2 is 1.81 bits per heavy atom. The second kappa shape index (κ2) is 10.4. The predicted octanol–water partition coefficient (Wildman–Crippen LogP) is 3.16. The van der Waals surface area contributed by atoms with Crippen molar-refractivity contribution in [1.82, 2.24) is 4.57 Å². The van der Waals surface area contributed by atoms with Crippen LogP contribution in [-0.2, 0) is 16.9 Å². The van der Waals surface area contributed by atoms with Gasteiger partial charge in [-0.05, 0) is 54.4 Å². The predicted molar refractivity (Wildman–Crippen MR) is 137 cm³/mol. The molecule has 1 amide bonds. The van der Waals surface area contributed by atoms with E-state index in [1.807, 2.05) is 12.1 Å². The van der Waals surface area contributed by atoms with Gasteiger partial charge in [-0.15, -0.1) is 0 Å². The van der Waals surface area contributed by atoms with Gasteiger partial charge in [0.05, 0.1) is 26.5 Å². The maximum absolute atomic E-state index is 13.7. The number of aliphatic hydroxyl groups excluding tert-OH is 1.